The van der Waals surface area contributed by atoms with Crippen LogP contribution in [0.1, 0.15) is 86.5 Å². The quantitative estimate of drug-likeness (QED) is 0.532. The summed E-state index contributed by atoms with van der Waals surface area (Å²) in [6, 6.07) is 2.16. The van der Waals surface area contributed by atoms with Gasteiger partial charge in [0.1, 0.15) is 6.07 Å². The Hall–Kier alpha value is -1.73. The number of allylic oxidation sites excluding steroid dienone is 4. The Kier molecular flexibility index (Phi) is 5.05. The molecular formula is C30H41NO3. The standard InChI is InChI=1S/C30H41NO3/c1-26(2)9-11-30(17-32)12-10-29(6)24(22(30)15-26)23(33)14-21-19-13-18(16-31)25(34)27(3,4)20(19)7-8-28(21,29)5/h13-14,19-20,22,24,32H,7-12,15,17H2,1-6H3. The number of ketones is 2. The number of hydrogen-bond acceptors (Lipinski definition) is 4. The first kappa shape index (κ1) is 24.0. The van der Waals surface area contributed by atoms with Crippen LogP contribution in [0.3, 0.4) is 0 Å². The molecule has 0 aromatic heterocycles. The molecule has 0 spiro atoms. The smallest absolute Gasteiger partial charge is 0.178 e. The molecule has 4 nitrogen and oxygen atoms in total. The summed E-state index contributed by atoms with van der Waals surface area (Å²) in [6.45, 7) is 13.5. The van der Waals surface area contributed by atoms with Gasteiger partial charge in [-0.2, -0.15) is 5.26 Å². The Morgan fingerprint density at radius 3 is 2.32 bits per heavy atom. The topological polar surface area (TPSA) is 78.2 Å². The third-order valence-electron chi connectivity index (χ3n) is 11.9. The number of aliphatic hydroxyl groups is 1. The van der Waals surface area contributed by atoms with E-state index in [1.165, 1.54) is 0 Å². The van der Waals surface area contributed by atoms with Gasteiger partial charge >= 0.3 is 0 Å². The molecule has 1 N–H and O–H groups in total. The summed E-state index contributed by atoms with van der Waals surface area (Å²) in [5, 5.41) is 20.3. The van der Waals surface area contributed by atoms with Crippen molar-refractivity contribution in [1.29, 1.82) is 5.26 Å². The maximum Gasteiger partial charge on any atom is 0.178 e. The Morgan fingerprint density at radius 1 is 1.00 bits per heavy atom. The van der Waals surface area contributed by atoms with Gasteiger partial charge in [-0.15, -0.1) is 0 Å². The van der Waals surface area contributed by atoms with Crippen LogP contribution < -0.4 is 0 Å². The maximum atomic E-state index is 14.1. The number of rotatable bonds is 1. The van der Waals surface area contributed by atoms with Crippen molar-refractivity contribution in [2.75, 3.05) is 6.61 Å². The summed E-state index contributed by atoms with van der Waals surface area (Å²) in [6.07, 6.45) is 10.8. The van der Waals surface area contributed by atoms with E-state index in [0.717, 1.165) is 50.5 Å². The van der Waals surface area contributed by atoms with Gasteiger partial charge in [-0.25, -0.2) is 0 Å². The van der Waals surface area contributed by atoms with Gasteiger partial charge in [0.05, 0.1) is 5.57 Å². The summed E-state index contributed by atoms with van der Waals surface area (Å²) in [7, 11) is 0. The molecule has 3 fully saturated rings. The molecule has 7 atom stereocenters. The van der Waals surface area contributed by atoms with Gasteiger partial charge < -0.3 is 5.11 Å². The highest BCUT2D eigenvalue weighted by Crippen LogP contribution is 2.72. The van der Waals surface area contributed by atoms with Gasteiger partial charge in [0.25, 0.3) is 0 Å². The zero-order chi connectivity index (χ0) is 24.9. The molecule has 0 bridgehead atoms. The number of carbonyl (C=O) groups excluding carboxylic acids is 2. The van der Waals surface area contributed by atoms with E-state index in [0.29, 0.717) is 0 Å². The Morgan fingerprint density at radius 2 is 1.68 bits per heavy atom. The molecule has 0 amide bonds. The zero-order valence-corrected chi connectivity index (χ0v) is 21.8. The second kappa shape index (κ2) is 7.16. The average Bonchev–Trinajstić information content (AvgIpc) is 2.77. The number of carbonyl (C=O) groups is 2. The fraction of sp³-hybridized carbons (Fsp3) is 0.767. The molecule has 34 heavy (non-hydrogen) atoms. The predicted molar refractivity (Wildman–Crippen MR) is 131 cm³/mol. The lowest BCUT2D eigenvalue weighted by molar-refractivity contribution is -0.174. The van der Waals surface area contributed by atoms with Crippen LogP contribution in [-0.2, 0) is 9.59 Å². The minimum Gasteiger partial charge on any atom is -0.396 e. The van der Waals surface area contributed by atoms with E-state index in [9.17, 15) is 20.0 Å². The molecule has 4 heteroatoms. The number of nitrogens with zero attached hydrogens (tertiary/aromatic N) is 1. The van der Waals surface area contributed by atoms with Crippen LogP contribution in [0.4, 0.5) is 0 Å². The molecule has 0 aromatic rings. The molecule has 0 saturated heterocycles. The molecule has 5 aliphatic carbocycles. The molecule has 0 radical (unpaired) electrons. The number of hydrogen-bond donors (Lipinski definition) is 1. The summed E-state index contributed by atoms with van der Waals surface area (Å²) < 4.78 is 0. The van der Waals surface area contributed by atoms with E-state index in [4.69, 9.17) is 0 Å². The fourth-order valence-corrected chi connectivity index (χ4v) is 9.32. The molecule has 7 unspecified atom stereocenters. The summed E-state index contributed by atoms with van der Waals surface area (Å²) in [4.78, 5) is 27.1. The first-order valence-corrected chi connectivity index (χ1v) is 13.3. The number of fused-ring (bicyclic) bond motifs is 7. The molecular weight excluding hydrogens is 422 g/mol. The minimum absolute atomic E-state index is 0.0323. The van der Waals surface area contributed by atoms with Crippen LogP contribution in [0.15, 0.2) is 23.3 Å². The van der Waals surface area contributed by atoms with Crippen molar-refractivity contribution < 1.29 is 14.7 Å². The average molecular weight is 464 g/mol. The normalized spacial score (nSPS) is 46.6. The Balaban J connectivity index is 1.65. The van der Waals surface area contributed by atoms with Gasteiger partial charge in [0, 0.05) is 23.9 Å². The maximum absolute atomic E-state index is 14.1. The minimum atomic E-state index is -0.598. The molecule has 0 heterocycles. The van der Waals surface area contributed by atoms with Gasteiger partial charge in [-0.3, -0.25) is 9.59 Å². The summed E-state index contributed by atoms with van der Waals surface area (Å²) in [5.74, 6) is 0.387. The van der Waals surface area contributed by atoms with Crippen molar-refractivity contribution in [3.63, 3.8) is 0 Å². The molecule has 5 aliphatic rings. The van der Waals surface area contributed by atoms with Crippen molar-refractivity contribution in [3.8, 4) is 6.07 Å². The van der Waals surface area contributed by atoms with Crippen molar-refractivity contribution in [3.05, 3.63) is 23.3 Å². The van der Waals surface area contributed by atoms with E-state index in [-0.39, 0.29) is 69.1 Å². The van der Waals surface area contributed by atoms with Crippen LogP contribution >= 0.6 is 0 Å². The van der Waals surface area contributed by atoms with Crippen LogP contribution in [0.5, 0.6) is 0 Å². The second-order valence-electron chi connectivity index (χ2n) is 14.1. The third-order valence-corrected chi connectivity index (χ3v) is 11.9. The van der Waals surface area contributed by atoms with E-state index in [1.54, 1.807) is 0 Å². The highest BCUT2D eigenvalue weighted by Gasteiger charge is 2.67. The second-order valence-corrected chi connectivity index (χ2v) is 14.1. The molecule has 0 aromatic carbocycles. The van der Waals surface area contributed by atoms with Crippen LogP contribution in [0.2, 0.25) is 0 Å². The highest BCUT2D eigenvalue weighted by molar-refractivity contribution is 6.04. The summed E-state index contributed by atoms with van der Waals surface area (Å²) in [5.41, 5.74) is 0.537. The first-order chi connectivity index (χ1) is 15.8. The van der Waals surface area contributed by atoms with Crippen molar-refractivity contribution >= 4 is 11.6 Å². The lowest BCUT2D eigenvalue weighted by Gasteiger charge is -2.67. The molecule has 184 valence electrons. The van der Waals surface area contributed by atoms with Crippen molar-refractivity contribution in [2.24, 2.45) is 50.7 Å². The number of Topliss-reactive ketones (excluding diaryl/α,β-unsaturated/α-hetero) is 1. The zero-order valence-electron chi connectivity index (χ0n) is 21.8. The van der Waals surface area contributed by atoms with Gasteiger partial charge in [0.2, 0.25) is 0 Å². The number of aliphatic hydroxyl groups excluding tert-OH is 1. The molecule has 3 saturated carbocycles. The fourth-order valence-electron chi connectivity index (χ4n) is 9.32. The van der Waals surface area contributed by atoms with Crippen LogP contribution in [0.25, 0.3) is 0 Å². The third kappa shape index (κ3) is 2.86. The monoisotopic (exact) mass is 463 g/mol. The van der Waals surface area contributed by atoms with Gasteiger partial charge in [0.15, 0.2) is 11.6 Å². The highest BCUT2D eigenvalue weighted by atomic mass is 16.3. The summed E-state index contributed by atoms with van der Waals surface area (Å²) >= 11 is 0. The SMILES string of the molecule is CC1(C)CCC2(CO)CCC3(C)C(C(=O)C=C4C5C=C(C#N)C(=O)C(C)(C)C5CCC43C)C2C1. The lowest BCUT2D eigenvalue weighted by atomic mass is 9.36. The molecule has 0 aliphatic heterocycles. The van der Waals surface area contributed by atoms with Gasteiger partial charge in [-0.05, 0) is 84.5 Å². The predicted octanol–water partition coefficient (Wildman–Crippen LogP) is 5.81. The Bertz CT molecular complexity index is 1060. The van der Waals surface area contributed by atoms with Crippen LogP contribution in [0, 0.1) is 62.1 Å². The molecule has 5 rings (SSSR count). The van der Waals surface area contributed by atoms with E-state index < -0.39 is 5.41 Å². The van der Waals surface area contributed by atoms with Crippen molar-refractivity contribution in [1.82, 2.24) is 0 Å². The van der Waals surface area contributed by atoms with E-state index in [1.807, 2.05) is 26.0 Å². The Labute approximate surface area is 204 Å². The van der Waals surface area contributed by atoms with Gasteiger partial charge in [-0.1, -0.05) is 53.2 Å². The largest absolute Gasteiger partial charge is 0.396 e. The first-order valence-electron chi connectivity index (χ1n) is 13.3. The lowest BCUT2D eigenvalue weighted by Crippen LogP contribution is -2.63. The van der Waals surface area contributed by atoms with Crippen molar-refractivity contribution in [2.45, 2.75) is 86.5 Å². The van der Waals surface area contributed by atoms with E-state index in [2.05, 4.69) is 33.8 Å². The van der Waals surface area contributed by atoms with Crippen LogP contribution in [-0.4, -0.2) is 23.3 Å². The van der Waals surface area contributed by atoms with E-state index >= 15 is 0 Å². The number of nitriles is 1.